The van der Waals surface area contributed by atoms with E-state index >= 15 is 0 Å². The summed E-state index contributed by atoms with van der Waals surface area (Å²) in [6, 6.07) is 7.34. The highest BCUT2D eigenvalue weighted by Crippen LogP contribution is 2.25. The van der Waals surface area contributed by atoms with Crippen molar-refractivity contribution in [3.05, 3.63) is 41.4 Å². The van der Waals surface area contributed by atoms with Crippen LogP contribution >= 0.6 is 11.6 Å². The summed E-state index contributed by atoms with van der Waals surface area (Å²) in [5.74, 6) is 1.52. The molecule has 0 bridgehead atoms. The highest BCUT2D eigenvalue weighted by atomic mass is 35.5. The summed E-state index contributed by atoms with van der Waals surface area (Å²) in [7, 11) is 0. The second-order valence-corrected chi connectivity index (χ2v) is 5.88. The largest absolute Gasteiger partial charge is 0.483 e. The van der Waals surface area contributed by atoms with E-state index in [1.54, 1.807) is 12.4 Å². The van der Waals surface area contributed by atoms with Crippen LogP contribution in [0.4, 0.5) is 0 Å². The Morgan fingerprint density at radius 2 is 2.05 bits per heavy atom. The third kappa shape index (κ3) is 3.26. The van der Waals surface area contributed by atoms with Crippen molar-refractivity contribution >= 4 is 11.6 Å². The van der Waals surface area contributed by atoms with Crippen LogP contribution in [0.25, 0.3) is 0 Å². The van der Waals surface area contributed by atoms with Gasteiger partial charge in [-0.15, -0.1) is 10.2 Å². The number of hydrogen-bond acceptors (Lipinski definition) is 3. The topological polar surface area (TPSA) is 39.9 Å². The van der Waals surface area contributed by atoms with Crippen molar-refractivity contribution in [3.8, 4) is 5.75 Å². The first-order chi connectivity index (χ1) is 8.88. The van der Waals surface area contributed by atoms with Crippen LogP contribution in [0.5, 0.6) is 5.75 Å². The Kier molecular flexibility index (Phi) is 3.80. The lowest BCUT2D eigenvalue weighted by molar-refractivity contribution is 0.200. The fourth-order valence-electron chi connectivity index (χ4n) is 1.84. The molecule has 2 rings (SSSR count). The van der Waals surface area contributed by atoms with Crippen LogP contribution in [0, 0.1) is 0 Å². The molecule has 0 saturated heterocycles. The Labute approximate surface area is 118 Å². The van der Waals surface area contributed by atoms with Gasteiger partial charge in [-0.1, -0.05) is 17.7 Å². The zero-order valence-corrected chi connectivity index (χ0v) is 12.3. The minimum Gasteiger partial charge on any atom is -0.483 e. The SMILES string of the molecule is CC(Oc1cccc(Cl)c1)c1nncn1C(C)(C)C. The normalized spacial score (nSPS) is 13.3. The summed E-state index contributed by atoms with van der Waals surface area (Å²) in [5.41, 5.74) is -0.0786. The van der Waals surface area contributed by atoms with Gasteiger partial charge in [-0.25, -0.2) is 0 Å². The molecule has 1 aromatic heterocycles. The predicted molar refractivity (Wildman–Crippen MR) is 75.5 cm³/mol. The van der Waals surface area contributed by atoms with Crippen molar-refractivity contribution < 1.29 is 4.74 Å². The molecule has 0 aliphatic carbocycles. The molecule has 19 heavy (non-hydrogen) atoms. The van der Waals surface area contributed by atoms with Gasteiger partial charge in [0.25, 0.3) is 0 Å². The first-order valence-electron chi connectivity index (χ1n) is 6.20. The highest BCUT2D eigenvalue weighted by Gasteiger charge is 2.22. The third-order valence-electron chi connectivity index (χ3n) is 2.77. The molecule has 1 unspecified atom stereocenters. The van der Waals surface area contributed by atoms with Crippen molar-refractivity contribution in [2.24, 2.45) is 0 Å². The van der Waals surface area contributed by atoms with Crippen LogP contribution < -0.4 is 4.74 Å². The number of benzene rings is 1. The molecular formula is C14H18ClN3O. The maximum Gasteiger partial charge on any atom is 0.174 e. The summed E-state index contributed by atoms with van der Waals surface area (Å²) >= 11 is 5.94. The Bertz CT molecular complexity index is 560. The molecule has 0 aliphatic heterocycles. The van der Waals surface area contributed by atoms with Gasteiger partial charge in [0, 0.05) is 10.6 Å². The Balaban J connectivity index is 2.21. The fraction of sp³-hybridized carbons (Fsp3) is 0.429. The van der Waals surface area contributed by atoms with Gasteiger partial charge >= 0.3 is 0 Å². The van der Waals surface area contributed by atoms with Crippen molar-refractivity contribution in [2.45, 2.75) is 39.3 Å². The van der Waals surface area contributed by atoms with E-state index < -0.39 is 0 Å². The molecule has 2 aromatic rings. The standard InChI is InChI=1S/C14H18ClN3O/c1-10(19-12-7-5-6-11(15)8-12)13-17-16-9-18(13)14(2,3)4/h5-10H,1-4H3. The van der Waals surface area contributed by atoms with Crippen LogP contribution in [0.3, 0.4) is 0 Å². The zero-order valence-electron chi connectivity index (χ0n) is 11.6. The van der Waals surface area contributed by atoms with Gasteiger partial charge in [0.2, 0.25) is 0 Å². The number of halogens is 1. The number of ether oxygens (including phenoxy) is 1. The van der Waals surface area contributed by atoms with E-state index in [4.69, 9.17) is 16.3 Å². The number of aromatic nitrogens is 3. The lowest BCUT2D eigenvalue weighted by atomic mass is 10.1. The molecule has 0 amide bonds. The summed E-state index contributed by atoms with van der Waals surface area (Å²) < 4.78 is 7.88. The van der Waals surface area contributed by atoms with E-state index in [0.717, 1.165) is 11.6 Å². The van der Waals surface area contributed by atoms with Crippen molar-refractivity contribution in [3.63, 3.8) is 0 Å². The predicted octanol–water partition coefficient (Wildman–Crippen LogP) is 3.83. The number of rotatable bonds is 3. The van der Waals surface area contributed by atoms with Crippen LogP contribution in [-0.2, 0) is 5.54 Å². The smallest absolute Gasteiger partial charge is 0.174 e. The van der Waals surface area contributed by atoms with E-state index in [9.17, 15) is 0 Å². The summed E-state index contributed by atoms with van der Waals surface area (Å²) in [6.07, 6.45) is 1.54. The average molecular weight is 280 g/mol. The molecular weight excluding hydrogens is 262 g/mol. The minimum absolute atomic E-state index is 0.0786. The van der Waals surface area contributed by atoms with Crippen LogP contribution in [0.15, 0.2) is 30.6 Å². The van der Waals surface area contributed by atoms with E-state index in [1.807, 2.05) is 29.7 Å². The van der Waals surface area contributed by atoms with Gasteiger partial charge < -0.3 is 9.30 Å². The first kappa shape index (κ1) is 13.9. The minimum atomic E-state index is -0.194. The summed E-state index contributed by atoms with van der Waals surface area (Å²) in [4.78, 5) is 0. The average Bonchev–Trinajstić information content (AvgIpc) is 2.77. The Morgan fingerprint density at radius 1 is 1.32 bits per heavy atom. The van der Waals surface area contributed by atoms with E-state index in [1.165, 1.54) is 0 Å². The number of nitrogens with zero attached hydrogens (tertiary/aromatic N) is 3. The number of hydrogen-bond donors (Lipinski definition) is 0. The van der Waals surface area contributed by atoms with Crippen molar-refractivity contribution in [2.75, 3.05) is 0 Å². The molecule has 0 aliphatic rings. The third-order valence-corrected chi connectivity index (χ3v) is 3.00. The second-order valence-electron chi connectivity index (χ2n) is 5.45. The van der Waals surface area contributed by atoms with Gasteiger partial charge in [0.05, 0.1) is 0 Å². The maximum atomic E-state index is 5.94. The van der Waals surface area contributed by atoms with Crippen LogP contribution in [0.1, 0.15) is 39.6 Å². The second kappa shape index (κ2) is 5.21. The monoisotopic (exact) mass is 279 g/mol. The van der Waals surface area contributed by atoms with Crippen molar-refractivity contribution in [1.82, 2.24) is 14.8 Å². The Morgan fingerprint density at radius 3 is 2.68 bits per heavy atom. The summed E-state index contributed by atoms with van der Waals surface area (Å²) in [5, 5.41) is 8.79. The molecule has 0 spiro atoms. The van der Waals surface area contributed by atoms with E-state index in [0.29, 0.717) is 5.02 Å². The fourth-order valence-corrected chi connectivity index (χ4v) is 2.02. The summed E-state index contributed by atoms with van der Waals surface area (Å²) in [6.45, 7) is 8.26. The molecule has 1 heterocycles. The molecule has 102 valence electrons. The molecule has 0 radical (unpaired) electrons. The molecule has 0 N–H and O–H groups in total. The molecule has 1 aromatic carbocycles. The first-order valence-corrected chi connectivity index (χ1v) is 6.58. The molecule has 0 saturated carbocycles. The van der Waals surface area contributed by atoms with Gasteiger partial charge in [-0.3, -0.25) is 0 Å². The van der Waals surface area contributed by atoms with E-state index in [-0.39, 0.29) is 11.6 Å². The van der Waals surface area contributed by atoms with Crippen LogP contribution in [0.2, 0.25) is 5.02 Å². The molecule has 5 heteroatoms. The Hall–Kier alpha value is -1.55. The molecule has 0 fully saturated rings. The zero-order chi connectivity index (χ0) is 14.0. The van der Waals surface area contributed by atoms with Gasteiger partial charge in [0.1, 0.15) is 12.1 Å². The van der Waals surface area contributed by atoms with Crippen LogP contribution in [-0.4, -0.2) is 14.8 Å². The quantitative estimate of drug-likeness (QED) is 0.857. The molecule has 1 atom stereocenters. The maximum absolute atomic E-state index is 5.94. The van der Waals surface area contributed by atoms with Gasteiger partial charge in [-0.05, 0) is 45.9 Å². The lowest BCUT2D eigenvalue weighted by Crippen LogP contribution is -2.25. The molecule has 4 nitrogen and oxygen atoms in total. The lowest BCUT2D eigenvalue weighted by Gasteiger charge is -2.24. The van der Waals surface area contributed by atoms with Crippen molar-refractivity contribution in [1.29, 1.82) is 0 Å². The highest BCUT2D eigenvalue weighted by molar-refractivity contribution is 6.30. The van der Waals surface area contributed by atoms with Gasteiger partial charge in [0.15, 0.2) is 11.9 Å². The van der Waals surface area contributed by atoms with E-state index in [2.05, 4.69) is 31.0 Å². The van der Waals surface area contributed by atoms with Gasteiger partial charge in [-0.2, -0.15) is 0 Å².